The van der Waals surface area contributed by atoms with Gasteiger partial charge in [0.25, 0.3) is 5.91 Å². The lowest BCUT2D eigenvalue weighted by atomic mass is 9.93. The van der Waals surface area contributed by atoms with Crippen LogP contribution in [0.1, 0.15) is 20.3 Å². The van der Waals surface area contributed by atoms with E-state index in [-0.39, 0.29) is 11.9 Å². The van der Waals surface area contributed by atoms with E-state index in [1.165, 1.54) is 23.3 Å². The monoisotopic (exact) mass is 430 g/mol. The number of fused-ring (bicyclic) bond motifs is 1. The Labute approximate surface area is 180 Å². The van der Waals surface area contributed by atoms with Gasteiger partial charge in [-0.15, -0.1) is 0 Å². The molecule has 0 N–H and O–H groups in total. The van der Waals surface area contributed by atoms with Crippen LogP contribution in [0.15, 0.2) is 28.6 Å². The number of likely N-dealkylation sites (N-methyl/N-ethyl adjacent to an activating group) is 2. The fraction of sp³-hybridized carbons (Fsp3) is 0.600. The SMILES string of the molecule is CC1CC(C)C[N+](=C2N=C3C(C(=O)N(C)C(=O)N3C)N2CCSc2ncccn2)C1. The molecule has 30 heavy (non-hydrogen) atoms. The van der Waals surface area contributed by atoms with Gasteiger partial charge in [-0.1, -0.05) is 30.6 Å². The fourth-order valence-corrected chi connectivity index (χ4v) is 5.23. The summed E-state index contributed by atoms with van der Waals surface area (Å²) >= 11 is 1.55. The quantitative estimate of drug-likeness (QED) is 0.406. The first-order valence-corrected chi connectivity index (χ1v) is 11.3. The van der Waals surface area contributed by atoms with Gasteiger partial charge in [0, 0.05) is 32.2 Å². The van der Waals surface area contributed by atoms with E-state index in [0.717, 1.165) is 19.0 Å². The van der Waals surface area contributed by atoms with Crippen LogP contribution in [0.5, 0.6) is 0 Å². The second kappa shape index (κ2) is 8.33. The lowest BCUT2D eigenvalue weighted by Gasteiger charge is -2.33. The molecule has 3 atom stereocenters. The zero-order chi connectivity index (χ0) is 21.4. The van der Waals surface area contributed by atoms with Crippen LogP contribution in [-0.4, -0.2) is 98.5 Å². The molecule has 1 aromatic rings. The zero-order valence-corrected chi connectivity index (χ0v) is 18.7. The Morgan fingerprint density at radius 3 is 2.43 bits per heavy atom. The molecule has 0 spiro atoms. The van der Waals surface area contributed by atoms with Gasteiger partial charge >= 0.3 is 12.0 Å². The summed E-state index contributed by atoms with van der Waals surface area (Å²) in [5, 5.41) is 0.707. The van der Waals surface area contributed by atoms with E-state index in [9.17, 15) is 9.59 Å². The number of aliphatic imine (C=N–C) groups is 1. The number of carbonyl (C=O) groups excluding carboxylic acids is 2. The highest BCUT2D eigenvalue weighted by molar-refractivity contribution is 7.99. The largest absolute Gasteiger partial charge is 0.392 e. The molecule has 2 fully saturated rings. The van der Waals surface area contributed by atoms with Gasteiger partial charge in [0.15, 0.2) is 5.16 Å². The number of aromatic nitrogens is 2. The summed E-state index contributed by atoms with van der Waals surface area (Å²) in [6, 6.07) is 0.875. The summed E-state index contributed by atoms with van der Waals surface area (Å²) in [6.45, 7) is 6.91. The van der Waals surface area contributed by atoms with Gasteiger partial charge in [0.2, 0.25) is 11.9 Å². The average Bonchev–Trinajstić information content (AvgIpc) is 3.10. The van der Waals surface area contributed by atoms with Crippen LogP contribution in [0.25, 0.3) is 0 Å². The van der Waals surface area contributed by atoms with E-state index in [0.29, 0.717) is 35.1 Å². The summed E-state index contributed by atoms with van der Waals surface area (Å²) in [6.07, 6.45) is 4.63. The standard InChI is InChI=1S/C20H28N7O2S/c1-13-10-14(2)12-26(11-13)19-23-16-15(17(28)25(4)20(29)24(16)3)27(19)8-9-30-18-21-6-5-7-22-18/h5-7,13-15H,8-12H2,1-4H3/q+1. The molecule has 10 heteroatoms. The third-order valence-corrected chi connectivity index (χ3v) is 6.62. The van der Waals surface area contributed by atoms with Crippen molar-refractivity contribution in [3.05, 3.63) is 18.5 Å². The van der Waals surface area contributed by atoms with Crippen molar-refractivity contribution in [1.82, 2.24) is 24.7 Å². The molecule has 1 aromatic heterocycles. The molecule has 2 saturated heterocycles. The molecular formula is C20H28N7O2S+. The van der Waals surface area contributed by atoms with Crippen molar-refractivity contribution in [1.29, 1.82) is 0 Å². The van der Waals surface area contributed by atoms with Crippen molar-refractivity contribution in [3.63, 3.8) is 0 Å². The van der Waals surface area contributed by atoms with Crippen LogP contribution in [-0.2, 0) is 4.79 Å². The number of hydrogen-bond acceptors (Lipinski definition) is 5. The summed E-state index contributed by atoms with van der Waals surface area (Å²) in [7, 11) is 3.22. The number of amides is 3. The lowest BCUT2D eigenvalue weighted by molar-refractivity contribution is -0.557. The number of hydrogen-bond donors (Lipinski definition) is 0. The summed E-state index contributed by atoms with van der Waals surface area (Å²) in [5.41, 5.74) is 0. The molecule has 3 aliphatic rings. The van der Waals surface area contributed by atoms with Gasteiger partial charge in [-0.3, -0.25) is 19.2 Å². The van der Waals surface area contributed by atoms with Crippen LogP contribution in [0, 0.1) is 11.8 Å². The highest BCUT2D eigenvalue weighted by atomic mass is 32.2. The van der Waals surface area contributed by atoms with Crippen LogP contribution in [0.4, 0.5) is 4.79 Å². The normalized spacial score (nSPS) is 27.0. The molecule has 0 bridgehead atoms. The van der Waals surface area contributed by atoms with Crippen LogP contribution in [0.2, 0.25) is 0 Å². The molecule has 3 unspecified atom stereocenters. The molecule has 0 aliphatic carbocycles. The van der Waals surface area contributed by atoms with Crippen molar-refractivity contribution in [2.45, 2.75) is 31.5 Å². The van der Waals surface area contributed by atoms with Gasteiger partial charge in [-0.25, -0.2) is 19.7 Å². The van der Waals surface area contributed by atoms with Gasteiger partial charge in [0.1, 0.15) is 0 Å². The highest BCUT2D eigenvalue weighted by Crippen LogP contribution is 2.26. The molecule has 0 saturated carbocycles. The number of urea groups is 1. The maximum atomic E-state index is 13.1. The maximum Gasteiger partial charge on any atom is 0.392 e. The smallest absolute Gasteiger partial charge is 0.270 e. The number of rotatable bonds is 4. The first-order chi connectivity index (χ1) is 14.4. The van der Waals surface area contributed by atoms with Gasteiger partial charge in [-0.2, -0.15) is 0 Å². The lowest BCUT2D eigenvalue weighted by Crippen LogP contribution is -2.63. The molecule has 3 amide bonds. The third-order valence-electron chi connectivity index (χ3n) is 5.77. The first-order valence-electron chi connectivity index (χ1n) is 10.3. The van der Waals surface area contributed by atoms with Gasteiger partial charge in [-0.05, 0) is 24.3 Å². The van der Waals surface area contributed by atoms with E-state index >= 15 is 0 Å². The number of guanidine groups is 1. The van der Waals surface area contributed by atoms with Crippen molar-refractivity contribution in [2.75, 3.05) is 39.5 Å². The second-order valence-corrected chi connectivity index (χ2v) is 9.40. The van der Waals surface area contributed by atoms with E-state index in [1.807, 2.05) is 0 Å². The number of imide groups is 1. The second-order valence-electron chi connectivity index (χ2n) is 8.34. The molecule has 0 radical (unpaired) electrons. The third kappa shape index (κ3) is 3.80. The Hall–Kier alpha value is -2.49. The maximum absolute atomic E-state index is 13.1. The van der Waals surface area contributed by atoms with Crippen molar-refractivity contribution < 1.29 is 14.2 Å². The Balaban J connectivity index is 1.64. The minimum Gasteiger partial charge on any atom is -0.270 e. The molecule has 4 heterocycles. The first kappa shape index (κ1) is 20.8. The molecule has 160 valence electrons. The molecule has 3 aliphatic heterocycles. The molecular weight excluding hydrogens is 402 g/mol. The van der Waals surface area contributed by atoms with Crippen molar-refractivity contribution >= 4 is 35.5 Å². The molecule has 9 nitrogen and oxygen atoms in total. The number of amidine groups is 1. The Morgan fingerprint density at radius 2 is 1.77 bits per heavy atom. The minimum absolute atomic E-state index is 0.231. The highest BCUT2D eigenvalue weighted by Gasteiger charge is 2.55. The summed E-state index contributed by atoms with van der Waals surface area (Å²) < 4.78 is 2.28. The van der Waals surface area contributed by atoms with E-state index in [4.69, 9.17) is 4.99 Å². The van der Waals surface area contributed by atoms with Crippen LogP contribution in [0.3, 0.4) is 0 Å². The van der Waals surface area contributed by atoms with Gasteiger partial charge < -0.3 is 0 Å². The average molecular weight is 431 g/mol. The van der Waals surface area contributed by atoms with Crippen LogP contribution < -0.4 is 0 Å². The van der Waals surface area contributed by atoms with Gasteiger partial charge in [0.05, 0.1) is 19.6 Å². The fourth-order valence-electron chi connectivity index (χ4n) is 4.49. The Kier molecular flexibility index (Phi) is 5.77. The topological polar surface area (TPSA) is 85.0 Å². The van der Waals surface area contributed by atoms with Crippen molar-refractivity contribution in [3.8, 4) is 0 Å². The van der Waals surface area contributed by atoms with E-state index < -0.39 is 6.04 Å². The van der Waals surface area contributed by atoms with E-state index in [2.05, 4.69) is 33.3 Å². The predicted octanol–water partition coefficient (Wildman–Crippen LogP) is 1.22. The van der Waals surface area contributed by atoms with Crippen LogP contribution >= 0.6 is 11.8 Å². The summed E-state index contributed by atoms with van der Waals surface area (Å²) in [4.78, 5) is 43.6. The number of piperidine rings is 1. The molecule has 4 rings (SSSR count). The Morgan fingerprint density at radius 1 is 1.10 bits per heavy atom. The minimum atomic E-state index is -0.572. The predicted molar refractivity (Wildman–Crippen MR) is 115 cm³/mol. The number of thioether (sulfide) groups is 1. The number of carbonyl (C=O) groups is 2. The van der Waals surface area contributed by atoms with Crippen molar-refractivity contribution in [2.24, 2.45) is 16.8 Å². The Bertz CT molecular complexity index is 892. The summed E-state index contributed by atoms with van der Waals surface area (Å²) in [5.74, 6) is 2.90. The van der Waals surface area contributed by atoms with E-state index in [1.54, 1.807) is 37.3 Å². The molecule has 0 aromatic carbocycles. The number of nitrogens with zero attached hydrogens (tertiary/aromatic N) is 7. The zero-order valence-electron chi connectivity index (χ0n) is 17.9.